The van der Waals surface area contributed by atoms with Gasteiger partial charge in [0, 0.05) is 19.5 Å². The largest absolute Gasteiger partial charge is 0.497 e. The van der Waals surface area contributed by atoms with E-state index in [0.29, 0.717) is 17.4 Å². The van der Waals surface area contributed by atoms with Crippen molar-refractivity contribution in [1.82, 2.24) is 9.97 Å². The lowest BCUT2D eigenvalue weighted by atomic mass is 9.80. The van der Waals surface area contributed by atoms with Crippen LogP contribution in [0, 0.1) is 18.7 Å². The minimum Gasteiger partial charge on any atom is -0.497 e. The van der Waals surface area contributed by atoms with Crippen LogP contribution in [0.4, 0.5) is 15.9 Å². The van der Waals surface area contributed by atoms with Crippen LogP contribution < -0.4 is 19.7 Å². The second-order valence-corrected chi connectivity index (χ2v) is 7.78. The van der Waals surface area contributed by atoms with Gasteiger partial charge in [0.2, 0.25) is 5.91 Å². The molecule has 2 aliphatic rings. The lowest BCUT2D eigenvalue weighted by Gasteiger charge is -2.36. The quantitative estimate of drug-likeness (QED) is 0.831. The number of hydrogen-bond acceptors (Lipinski definition) is 6. The van der Waals surface area contributed by atoms with Crippen molar-refractivity contribution >= 4 is 17.4 Å². The Morgan fingerprint density at radius 1 is 1.31 bits per heavy atom. The number of halogens is 1. The summed E-state index contributed by atoms with van der Waals surface area (Å²) in [6, 6.07) is 4.34. The van der Waals surface area contributed by atoms with Gasteiger partial charge < -0.3 is 19.7 Å². The number of rotatable bonds is 5. The van der Waals surface area contributed by atoms with Gasteiger partial charge in [-0.1, -0.05) is 0 Å². The first-order valence-corrected chi connectivity index (χ1v) is 9.77. The number of anilines is 2. The predicted molar refractivity (Wildman–Crippen MR) is 107 cm³/mol. The number of benzene rings is 1. The Kier molecular flexibility index (Phi) is 5.02. The number of nitrogens with zero attached hydrogens (tertiary/aromatic N) is 3. The van der Waals surface area contributed by atoms with E-state index < -0.39 is 5.82 Å². The van der Waals surface area contributed by atoms with Gasteiger partial charge in [0.25, 0.3) is 0 Å². The molecule has 0 saturated heterocycles. The third-order valence-electron chi connectivity index (χ3n) is 5.76. The third-order valence-corrected chi connectivity index (χ3v) is 5.76. The molecule has 1 atom stereocenters. The highest BCUT2D eigenvalue weighted by Gasteiger charge is 2.34. The topological polar surface area (TPSA) is 76.6 Å². The number of nitrogens with one attached hydrogen (secondary N) is 1. The van der Waals surface area contributed by atoms with Crippen LogP contribution >= 0.6 is 0 Å². The second kappa shape index (κ2) is 7.50. The first-order valence-electron chi connectivity index (χ1n) is 9.77. The van der Waals surface area contributed by atoms with Crippen LogP contribution in [-0.4, -0.2) is 42.2 Å². The molecule has 1 aliphatic carbocycles. The molecule has 0 radical (unpaired) electrons. The number of carbonyl (C=O) groups is 1. The molecule has 2 aromatic rings. The number of hydrogen-bond donors (Lipinski definition) is 1. The fourth-order valence-electron chi connectivity index (χ4n) is 3.77. The standard InChI is InChI=1S/C21H25FN4O3/c1-11-19-20(26(3)12(2)21(27)25-19)24-18(23-11)9-13-7-15(8-13)29-17-6-5-14(28-4)10-16(17)22/h5-6,10,12-13,15H,7-9H2,1-4H3,(H,25,27)/t12-,13?,15?/m0/s1. The molecular weight excluding hydrogens is 375 g/mol. The van der Waals surface area contributed by atoms with Crippen LogP contribution in [0.2, 0.25) is 0 Å². The van der Waals surface area contributed by atoms with Gasteiger partial charge in [0.15, 0.2) is 17.4 Å². The van der Waals surface area contributed by atoms with Gasteiger partial charge in [-0.3, -0.25) is 4.79 Å². The summed E-state index contributed by atoms with van der Waals surface area (Å²) in [7, 11) is 3.37. The molecule has 0 spiro atoms. The zero-order valence-electron chi connectivity index (χ0n) is 17.0. The van der Waals surface area contributed by atoms with E-state index in [0.717, 1.165) is 36.6 Å². The summed E-state index contributed by atoms with van der Waals surface area (Å²) < 4.78 is 24.8. The summed E-state index contributed by atoms with van der Waals surface area (Å²) in [6.07, 6.45) is 2.38. The van der Waals surface area contributed by atoms with E-state index in [9.17, 15) is 9.18 Å². The van der Waals surface area contributed by atoms with Crippen LogP contribution in [0.5, 0.6) is 11.5 Å². The van der Waals surface area contributed by atoms with Gasteiger partial charge in [-0.15, -0.1) is 0 Å². The monoisotopic (exact) mass is 400 g/mol. The summed E-state index contributed by atoms with van der Waals surface area (Å²) in [4.78, 5) is 23.2. The van der Waals surface area contributed by atoms with Crippen LogP contribution in [-0.2, 0) is 11.2 Å². The molecule has 1 aliphatic heterocycles. The first kappa shape index (κ1) is 19.4. The number of amides is 1. The van der Waals surface area contributed by atoms with Gasteiger partial charge in [-0.2, -0.15) is 0 Å². The molecule has 2 heterocycles. The molecule has 1 N–H and O–H groups in total. The molecule has 1 amide bonds. The fraction of sp³-hybridized carbons (Fsp3) is 0.476. The van der Waals surface area contributed by atoms with Crippen molar-refractivity contribution < 1.29 is 18.7 Å². The Labute approximate surface area is 169 Å². The van der Waals surface area contributed by atoms with Crippen LogP contribution in [0.3, 0.4) is 0 Å². The van der Waals surface area contributed by atoms with Crippen molar-refractivity contribution in [2.24, 2.45) is 5.92 Å². The molecule has 154 valence electrons. The Bertz CT molecular complexity index is 946. The van der Waals surface area contributed by atoms with Crippen molar-refractivity contribution in [1.29, 1.82) is 0 Å². The van der Waals surface area contributed by atoms with E-state index >= 15 is 0 Å². The SMILES string of the molecule is COc1ccc(OC2CC(Cc3nc(C)c4c(n3)N(C)[C@@H](C)C(=O)N4)C2)c(F)c1. The van der Waals surface area contributed by atoms with Crippen molar-refractivity contribution in [2.75, 3.05) is 24.4 Å². The van der Waals surface area contributed by atoms with Crippen LogP contribution in [0.1, 0.15) is 31.3 Å². The van der Waals surface area contributed by atoms with Gasteiger partial charge >= 0.3 is 0 Å². The molecule has 0 unspecified atom stereocenters. The zero-order valence-corrected chi connectivity index (χ0v) is 17.0. The van der Waals surface area contributed by atoms with E-state index in [2.05, 4.69) is 15.3 Å². The number of fused-ring (bicyclic) bond motifs is 1. The number of aryl methyl sites for hydroxylation is 1. The van der Waals surface area contributed by atoms with Crippen LogP contribution in [0.15, 0.2) is 18.2 Å². The fourth-order valence-corrected chi connectivity index (χ4v) is 3.77. The Hall–Kier alpha value is -2.90. The minimum absolute atomic E-state index is 0.0106. The number of aromatic nitrogens is 2. The molecule has 4 rings (SSSR count). The third kappa shape index (κ3) is 3.71. The number of carbonyl (C=O) groups excluding carboxylic acids is 1. The Morgan fingerprint density at radius 3 is 2.76 bits per heavy atom. The van der Waals surface area contributed by atoms with E-state index in [1.165, 1.54) is 13.2 Å². The molecular formula is C21H25FN4O3. The highest BCUT2D eigenvalue weighted by atomic mass is 19.1. The lowest BCUT2D eigenvalue weighted by Crippen LogP contribution is -2.45. The van der Waals surface area contributed by atoms with Gasteiger partial charge in [0.1, 0.15) is 23.3 Å². The zero-order chi connectivity index (χ0) is 20.7. The summed E-state index contributed by atoms with van der Waals surface area (Å²) in [6.45, 7) is 3.73. The average Bonchev–Trinajstić information content (AvgIpc) is 2.66. The van der Waals surface area contributed by atoms with Gasteiger partial charge in [0.05, 0.1) is 18.9 Å². The van der Waals surface area contributed by atoms with E-state index in [1.54, 1.807) is 12.1 Å². The smallest absolute Gasteiger partial charge is 0.246 e. The Balaban J connectivity index is 1.38. The molecule has 1 aromatic carbocycles. The average molecular weight is 400 g/mol. The highest BCUT2D eigenvalue weighted by molar-refractivity contribution is 6.02. The normalized spacial score (nSPS) is 23.1. The summed E-state index contributed by atoms with van der Waals surface area (Å²) in [5.41, 5.74) is 1.45. The second-order valence-electron chi connectivity index (χ2n) is 7.78. The minimum atomic E-state index is -0.416. The van der Waals surface area contributed by atoms with Crippen molar-refractivity contribution in [2.45, 2.75) is 45.3 Å². The van der Waals surface area contributed by atoms with E-state index in [4.69, 9.17) is 9.47 Å². The first-order chi connectivity index (χ1) is 13.9. The van der Waals surface area contributed by atoms with E-state index in [-0.39, 0.29) is 23.8 Å². The number of ether oxygens (including phenoxy) is 2. The number of likely N-dealkylation sites (N-methyl/N-ethyl adjacent to an activating group) is 1. The van der Waals surface area contributed by atoms with Crippen molar-refractivity contribution in [3.05, 3.63) is 35.5 Å². The molecule has 7 nitrogen and oxygen atoms in total. The molecule has 29 heavy (non-hydrogen) atoms. The maximum atomic E-state index is 14.0. The van der Waals surface area contributed by atoms with Crippen molar-refractivity contribution in [3.63, 3.8) is 0 Å². The van der Waals surface area contributed by atoms with E-state index in [1.807, 2.05) is 25.8 Å². The lowest BCUT2D eigenvalue weighted by molar-refractivity contribution is -0.117. The van der Waals surface area contributed by atoms with Gasteiger partial charge in [-0.25, -0.2) is 14.4 Å². The Morgan fingerprint density at radius 2 is 2.07 bits per heavy atom. The summed E-state index contributed by atoms with van der Waals surface area (Å²) >= 11 is 0. The van der Waals surface area contributed by atoms with Gasteiger partial charge in [-0.05, 0) is 44.7 Å². The molecule has 0 bridgehead atoms. The molecule has 1 aromatic heterocycles. The number of methoxy groups -OCH3 is 1. The summed E-state index contributed by atoms with van der Waals surface area (Å²) in [5, 5.41) is 2.89. The maximum absolute atomic E-state index is 14.0. The van der Waals surface area contributed by atoms with Crippen LogP contribution in [0.25, 0.3) is 0 Å². The molecule has 1 fully saturated rings. The maximum Gasteiger partial charge on any atom is 0.246 e. The van der Waals surface area contributed by atoms with Crippen molar-refractivity contribution in [3.8, 4) is 11.5 Å². The predicted octanol–water partition coefficient (Wildman–Crippen LogP) is 3.11. The molecule has 8 heteroatoms. The highest BCUT2D eigenvalue weighted by Crippen LogP contribution is 2.36. The molecule has 1 saturated carbocycles. The summed E-state index contributed by atoms with van der Waals surface area (Å²) in [5.74, 6) is 2.16.